The highest BCUT2D eigenvalue weighted by Gasteiger charge is 2.31. The first-order valence-electron chi connectivity index (χ1n) is 4.09. The van der Waals surface area contributed by atoms with Crippen molar-refractivity contribution in [2.45, 2.75) is 33.1 Å². The number of nitrogens with one attached hydrogen (secondary N) is 1. The second kappa shape index (κ2) is 4.65. The fraction of sp³-hybridized carbons (Fsp3) is 1.00. The summed E-state index contributed by atoms with van der Waals surface area (Å²) in [7, 11) is 0. The Balaban J connectivity index is 3.55. The summed E-state index contributed by atoms with van der Waals surface area (Å²) in [6, 6.07) is 0. The largest absolute Gasteiger partial charge is 0.317 e. The van der Waals surface area contributed by atoms with E-state index < -0.39 is 11.8 Å². The molecule has 0 fully saturated rings. The Kier molecular flexibility index (Phi) is 4.57. The molecule has 68 valence electrons. The summed E-state index contributed by atoms with van der Waals surface area (Å²) in [6.45, 7) is 6.17. The van der Waals surface area contributed by atoms with Gasteiger partial charge < -0.3 is 5.32 Å². The predicted octanol–water partition coefficient (Wildman–Crippen LogP) is 2.28. The van der Waals surface area contributed by atoms with Crippen molar-refractivity contribution in [3.63, 3.8) is 0 Å². The molecule has 0 heterocycles. The number of halogens is 2. The molecule has 0 saturated heterocycles. The molecule has 0 amide bonds. The van der Waals surface area contributed by atoms with Gasteiger partial charge in [0.25, 0.3) is 5.92 Å². The van der Waals surface area contributed by atoms with Crippen LogP contribution in [-0.2, 0) is 0 Å². The Bertz CT molecular complexity index is 102. The molecule has 0 unspecified atom stereocenters. The third-order valence-electron chi connectivity index (χ3n) is 1.73. The van der Waals surface area contributed by atoms with E-state index in [-0.39, 0.29) is 6.42 Å². The van der Waals surface area contributed by atoms with E-state index in [1.807, 2.05) is 6.92 Å². The van der Waals surface area contributed by atoms with Gasteiger partial charge in [-0.25, -0.2) is 8.78 Å². The molecule has 0 rings (SSSR count). The normalized spacial score (nSPS) is 12.5. The van der Waals surface area contributed by atoms with E-state index >= 15 is 0 Å². The van der Waals surface area contributed by atoms with Gasteiger partial charge >= 0.3 is 0 Å². The summed E-state index contributed by atoms with van der Waals surface area (Å²) in [4.78, 5) is 0. The predicted molar refractivity (Wildman–Crippen MR) is 42.9 cm³/mol. The molecule has 0 saturated carbocycles. The maximum atomic E-state index is 12.8. The molecule has 0 aliphatic rings. The second-order valence-electron chi connectivity index (χ2n) is 3.02. The first kappa shape index (κ1) is 10.8. The lowest BCUT2D eigenvalue weighted by molar-refractivity contribution is -0.0513. The Morgan fingerprint density at radius 1 is 1.36 bits per heavy atom. The van der Waals surface area contributed by atoms with Crippen molar-refractivity contribution in [1.82, 2.24) is 5.32 Å². The van der Waals surface area contributed by atoms with Crippen LogP contribution in [-0.4, -0.2) is 19.0 Å². The average molecular weight is 165 g/mol. The van der Waals surface area contributed by atoms with Crippen LogP contribution in [0.4, 0.5) is 8.78 Å². The van der Waals surface area contributed by atoms with E-state index in [4.69, 9.17) is 0 Å². The molecular formula is C8H17F2N. The summed E-state index contributed by atoms with van der Waals surface area (Å²) < 4.78 is 25.7. The maximum Gasteiger partial charge on any atom is 0.251 e. The van der Waals surface area contributed by atoms with Gasteiger partial charge in [0.05, 0.1) is 0 Å². The second-order valence-corrected chi connectivity index (χ2v) is 3.02. The van der Waals surface area contributed by atoms with Gasteiger partial charge in [0.1, 0.15) is 0 Å². The highest BCUT2D eigenvalue weighted by molar-refractivity contribution is 4.70. The first-order chi connectivity index (χ1) is 5.00. The van der Waals surface area contributed by atoms with Crippen LogP contribution in [0.5, 0.6) is 0 Å². The lowest BCUT2D eigenvalue weighted by Crippen LogP contribution is -2.29. The van der Waals surface area contributed by atoms with Crippen LogP contribution in [0.25, 0.3) is 0 Å². The molecule has 0 atom stereocenters. The first-order valence-corrected chi connectivity index (χ1v) is 4.09. The smallest absolute Gasteiger partial charge is 0.251 e. The third-order valence-corrected chi connectivity index (χ3v) is 1.73. The van der Waals surface area contributed by atoms with E-state index in [2.05, 4.69) is 5.32 Å². The Morgan fingerprint density at radius 2 is 1.91 bits per heavy atom. The molecule has 0 spiro atoms. The van der Waals surface area contributed by atoms with E-state index in [0.717, 1.165) is 6.54 Å². The molecule has 0 aliphatic carbocycles. The minimum Gasteiger partial charge on any atom is -0.317 e. The molecule has 0 aliphatic heterocycles. The van der Waals surface area contributed by atoms with Crippen LogP contribution >= 0.6 is 0 Å². The zero-order valence-corrected chi connectivity index (χ0v) is 7.45. The van der Waals surface area contributed by atoms with Crippen LogP contribution in [0.3, 0.4) is 0 Å². The van der Waals surface area contributed by atoms with Gasteiger partial charge in [-0.1, -0.05) is 20.8 Å². The third kappa shape index (κ3) is 4.30. The van der Waals surface area contributed by atoms with Crippen LogP contribution < -0.4 is 5.32 Å². The summed E-state index contributed by atoms with van der Waals surface area (Å²) >= 11 is 0. The molecule has 11 heavy (non-hydrogen) atoms. The highest BCUT2D eigenvalue weighted by Crippen LogP contribution is 2.26. The standard InChI is InChI=1S/C8H17F2N/c1-4-11-6-5-8(9,10)7(2)3/h7,11H,4-6H2,1-3H3. The Morgan fingerprint density at radius 3 is 2.27 bits per heavy atom. The summed E-state index contributed by atoms with van der Waals surface area (Å²) in [5.41, 5.74) is 0. The summed E-state index contributed by atoms with van der Waals surface area (Å²) in [5.74, 6) is -3.07. The van der Waals surface area contributed by atoms with Crippen LogP contribution in [0.15, 0.2) is 0 Å². The van der Waals surface area contributed by atoms with Gasteiger partial charge in [-0.3, -0.25) is 0 Å². The Hall–Kier alpha value is -0.180. The van der Waals surface area contributed by atoms with Crippen molar-refractivity contribution in [2.24, 2.45) is 5.92 Å². The maximum absolute atomic E-state index is 12.8. The minimum atomic E-state index is -2.51. The number of rotatable bonds is 5. The van der Waals surface area contributed by atoms with Gasteiger partial charge in [-0.2, -0.15) is 0 Å². The van der Waals surface area contributed by atoms with E-state index in [1.54, 1.807) is 13.8 Å². The van der Waals surface area contributed by atoms with Crippen LogP contribution in [0.2, 0.25) is 0 Å². The summed E-state index contributed by atoms with van der Waals surface area (Å²) in [5, 5.41) is 2.88. The molecule has 0 aromatic heterocycles. The highest BCUT2D eigenvalue weighted by atomic mass is 19.3. The van der Waals surface area contributed by atoms with E-state index in [0.29, 0.717) is 6.54 Å². The molecule has 1 N–H and O–H groups in total. The number of alkyl halides is 2. The molecular weight excluding hydrogens is 148 g/mol. The van der Waals surface area contributed by atoms with Gasteiger partial charge in [0.2, 0.25) is 0 Å². The molecule has 0 aromatic rings. The van der Waals surface area contributed by atoms with Crippen LogP contribution in [0, 0.1) is 5.92 Å². The number of hydrogen-bond donors (Lipinski definition) is 1. The van der Waals surface area contributed by atoms with Gasteiger partial charge in [-0.15, -0.1) is 0 Å². The van der Waals surface area contributed by atoms with Crippen LogP contribution in [0.1, 0.15) is 27.2 Å². The fourth-order valence-corrected chi connectivity index (χ4v) is 0.721. The SMILES string of the molecule is CCNCCC(F)(F)C(C)C. The Labute approximate surface area is 67.2 Å². The molecule has 0 radical (unpaired) electrons. The summed E-state index contributed by atoms with van der Waals surface area (Å²) in [6.07, 6.45) is -0.0570. The quantitative estimate of drug-likeness (QED) is 0.616. The molecule has 3 heteroatoms. The van der Waals surface area contributed by atoms with Gasteiger partial charge in [0, 0.05) is 18.9 Å². The van der Waals surface area contributed by atoms with Crippen molar-refractivity contribution >= 4 is 0 Å². The topological polar surface area (TPSA) is 12.0 Å². The van der Waals surface area contributed by atoms with Crippen molar-refractivity contribution in [3.05, 3.63) is 0 Å². The van der Waals surface area contributed by atoms with Crippen molar-refractivity contribution in [3.8, 4) is 0 Å². The van der Waals surface area contributed by atoms with Crippen molar-refractivity contribution < 1.29 is 8.78 Å². The van der Waals surface area contributed by atoms with Crippen molar-refractivity contribution in [2.75, 3.05) is 13.1 Å². The lowest BCUT2D eigenvalue weighted by Gasteiger charge is -2.19. The van der Waals surface area contributed by atoms with E-state index in [1.165, 1.54) is 0 Å². The zero-order valence-electron chi connectivity index (χ0n) is 7.45. The minimum absolute atomic E-state index is 0.0570. The molecule has 0 aromatic carbocycles. The van der Waals surface area contributed by atoms with E-state index in [9.17, 15) is 8.78 Å². The molecule has 1 nitrogen and oxygen atoms in total. The zero-order chi connectivity index (χ0) is 8.91. The average Bonchev–Trinajstić information content (AvgIpc) is 1.88. The lowest BCUT2D eigenvalue weighted by atomic mass is 10.0. The van der Waals surface area contributed by atoms with Crippen molar-refractivity contribution in [1.29, 1.82) is 0 Å². The monoisotopic (exact) mass is 165 g/mol. The van der Waals surface area contributed by atoms with Gasteiger partial charge in [0.15, 0.2) is 0 Å². The van der Waals surface area contributed by atoms with Gasteiger partial charge in [-0.05, 0) is 6.54 Å². The fourth-order valence-electron chi connectivity index (χ4n) is 0.721. The number of hydrogen-bond acceptors (Lipinski definition) is 1. The molecule has 0 bridgehead atoms.